The van der Waals surface area contributed by atoms with Crippen molar-refractivity contribution < 1.29 is 4.74 Å². The molecule has 0 amide bonds. The normalized spacial score (nSPS) is 23.2. The topological polar surface area (TPSA) is 51.4 Å². The van der Waals surface area contributed by atoms with E-state index in [0.29, 0.717) is 0 Å². The average molecular weight is 221 g/mol. The molecule has 1 saturated heterocycles. The van der Waals surface area contributed by atoms with Gasteiger partial charge < -0.3 is 15.4 Å². The zero-order valence-electron chi connectivity index (χ0n) is 9.89. The third kappa shape index (κ3) is 2.51. The molecule has 2 N–H and O–H groups in total. The first-order valence-corrected chi connectivity index (χ1v) is 5.75. The van der Waals surface area contributed by atoms with E-state index in [4.69, 9.17) is 10.5 Å². The molecule has 1 unspecified atom stereocenters. The molecular weight excluding hydrogens is 202 g/mol. The van der Waals surface area contributed by atoms with Crippen LogP contribution in [0, 0.1) is 0 Å². The lowest BCUT2D eigenvalue weighted by Gasteiger charge is -2.32. The second kappa shape index (κ2) is 4.80. The van der Waals surface area contributed by atoms with Gasteiger partial charge in [-0.1, -0.05) is 0 Å². The van der Waals surface area contributed by atoms with E-state index in [2.05, 4.69) is 22.9 Å². The number of aromatic nitrogens is 1. The van der Waals surface area contributed by atoms with Gasteiger partial charge in [-0.15, -0.1) is 0 Å². The van der Waals surface area contributed by atoms with Crippen LogP contribution in [-0.4, -0.2) is 30.8 Å². The molecule has 0 saturated carbocycles. The van der Waals surface area contributed by atoms with Crippen LogP contribution in [0.3, 0.4) is 0 Å². The van der Waals surface area contributed by atoms with Crippen molar-refractivity contribution in [1.82, 2.24) is 4.98 Å². The molecule has 0 bridgehead atoms. The molecule has 4 heteroatoms. The molecular formula is C12H19N3O. The van der Waals surface area contributed by atoms with Crippen LogP contribution in [0.4, 0.5) is 5.82 Å². The van der Waals surface area contributed by atoms with Crippen molar-refractivity contribution in [3.63, 3.8) is 0 Å². The standard InChI is InChI=1S/C12H19N3O/c1-9-8-15(5-6-16-9)12-7-11(10(2)13)3-4-14-12/h3-4,7,9-10H,5-6,8,13H2,1-2H3/t9?,10-/m1/s1. The molecule has 16 heavy (non-hydrogen) atoms. The molecule has 0 aliphatic carbocycles. The van der Waals surface area contributed by atoms with Crippen LogP contribution in [0.25, 0.3) is 0 Å². The van der Waals surface area contributed by atoms with Crippen LogP contribution in [0.15, 0.2) is 18.3 Å². The molecule has 88 valence electrons. The van der Waals surface area contributed by atoms with Crippen molar-refractivity contribution in [3.05, 3.63) is 23.9 Å². The molecule has 1 fully saturated rings. The number of morpholine rings is 1. The van der Waals surface area contributed by atoms with Crippen molar-refractivity contribution in [2.45, 2.75) is 26.0 Å². The number of anilines is 1. The highest BCUT2D eigenvalue weighted by molar-refractivity contribution is 5.42. The first-order chi connectivity index (χ1) is 7.66. The van der Waals surface area contributed by atoms with Gasteiger partial charge in [0.1, 0.15) is 5.82 Å². The average Bonchev–Trinajstić information content (AvgIpc) is 2.29. The second-order valence-corrected chi connectivity index (χ2v) is 4.36. The smallest absolute Gasteiger partial charge is 0.128 e. The number of ether oxygens (including phenoxy) is 1. The first-order valence-electron chi connectivity index (χ1n) is 5.75. The van der Waals surface area contributed by atoms with E-state index in [0.717, 1.165) is 31.1 Å². The van der Waals surface area contributed by atoms with Crippen LogP contribution >= 0.6 is 0 Å². The Morgan fingerprint density at radius 3 is 3.12 bits per heavy atom. The first kappa shape index (κ1) is 11.4. The minimum absolute atomic E-state index is 0.0558. The Morgan fingerprint density at radius 2 is 2.44 bits per heavy atom. The minimum Gasteiger partial charge on any atom is -0.375 e. The molecule has 4 nitrogen and oxygen atoms in total. The lowest BCUT2D eigenvalue weighted by atomic mass is 10.1. The fourth-order valence-electron chi connectivity index (χ4n) is 1.92. The fourth-order valence-corrected chi connectivity index (χ4v) is 1.92. The maximum atomic E-state index is 5.87. The van der Waals surface area contributed by atoms with Crippen molar-refractivity contribution in [2.75, 3.05) is 24.6 Å². The minimum atomic E-state index is 0.0558. The molecule has 2 heterocycles. The molecule has 1 aliphatic rings. The Kier molecular flexibility index (Phi) is 3.41. The van der Waals surface area contributed by atoms with E-state index in [1.807, 2.05) is 19.2 Å². The van der Waals surface area contributed by atoms with E-state index >= 15 is 0 Å². The van der Waals surface area contributed by atoms with Gasteiger partial charge in [0.05, 0.1) is 12.7 Å². The Bertz CT molecular complexity index is 354. The summed E-state index contributed by atoms with van der Waals surface area (Å²) in [5.74, 6) is 1.00. The predicted octanol–water partition coefficient (Wildman–Crippen LogP) is 1.33. The van der Waals surface area contributed by atoms with Gasteiger partial charge in [-0.25, -0.2) is 4.98 Å². The number of nitrogens with zero attached hydrogens (tertiary/aromatic N) is 2. The molecule has 1 aliphatic heterocycles. The Hall–Kier alpha value is -1.13. The second-order valence-electron chi connectivity index (χ2n) is 4.36. The highest BCUT2D eigenvalue weighted by Crippen LogP contribution is 2.18. The lowest BCUT2D eigenvalue weighted by molar-refractivity contribution is 0.0529. The molecule has 1 aromatic rings. The van der Waals surface area contributed by atoms with E-state index < -0.39 is 0 Å². The number of pyridine rings is 1. The number of rotatable bonds is 2. The SMILES string of the molecule is CC1CN(c2cc([C@@H](C)N)ccn2)CCO1. The van der Waals surface area contributed by atoms with Crippen LogP contribution < -0.4 is 10.6 Å². The van der Waals surface area contributed by atoms with Gasteiger partial charge in [-0.05, 0) is 31.5 Å². The van der Waals surface area contributed by atoms with Gasteiger partial charge >= 0.3 is 0 Å². The summed E-state index contributed by atoms with van der Waals surface area (Å²) in [4.78, 5) is 6.64. The summed E-state index contributed by atoms with van der Waals surface area (Å²) in [5, 5.41) is 0. The van der Waals surface area contributed by atoms with E-state index in [9.17, 15) is 0 Å². The lowest BCUT2D eigenvalue weighted by Crippen LogP contribution is -2.41. The quantitative estimate of drug-likeness (QED) is 0.818. The number of hydrogen-bond acceptors (Lipinski definition) is 4. The van der Waals surface area contributed by atoms with Crippen molar-refractivity contribution in [3.8, 4) is 0 Å². The summed E-state index contributed by atoms with van der Waals surface area (Å²) >= 11 is 0. The monoisotopic (exact) mass is 221 g/mol. The summed E-state index contributed by atoms with van der Waals surface area (Å²) in [6.07, 6.45) is 2.10. The van der Waals surface area contributed by atoms with Gasteiger partial charge in [0.2, 0.25) is 0 Å². The summed E-state index contributed by atoms with van der Waals surface area (Å²) in [6.45, 7) is 6.64. The Morgan fingerprint density at radius 1 is 1.62 bits per heavy atom. The molecule has 0 aromatic carbocycles. The van der Waals surface area contributed by atoms with Gasteiger partial charge in [0.15, 0.2) is 0 Å². The zero-order valence-corrected chi connectivity index (χ0v) is 9.89. The van der Waals surface area contributed by atoms with Gasteiger partial charge in [0, 0.05) is 25.3 Å². The third-order valence-corrected chi connectivity index (χ3v) is 2.86. The van der Waals surface area contributed by atoms with Crippen LogP contribution in [0.5, 0.6) is 0 Å². The summed E-state index contributed by atoms with van der Waals surface area (Å²) < 4.78 is 5.51. The van der Waals surface area contributed by atoms with E-state index in [1.54, 1.807) is 0 Å². The van der Waals surface area contributed by atoms with Crippen LogP contribution in [0.1, 0.15) is 25.5 Å². The van der Waals surface area contributed by atoms with Gasteiger partial charge in [-0.3, -0.25) is 0 Å². The third-order valence-electron chi connectivity index (χ3n) is 2.86. The van der Waals surface area contributed by atoms with Crippen LogP contribution in [-0.2, 0) is 4.74 Å². The molecule has 0 spiro atoms. The van der Waals surface area contributed by atoms with E-state index in [-0.39, 0.29) is 12.1 Å². The van der Waals surface area contributed by atoms with Gasteiger partial charge in [-0.2, -0.15) is 0 Å². The van der Waals surface area contributed by atoms with E-state index in [1.165, 1.54) is 0 Å². The highest BCUT2D eigenvalue weighted by Gasteiger charge is 2.18. The van der Waals surface area contributed by atoms with Crippen LogP contribution in [0.2, 0.25) is 0 Å². The highest BCUT2D eigenvalue weighted by atomic mass is 16.5. The maximum absolute atomic E-state index is 5.87. The summed E-state index contributed by atoms with van der Waals surface area (Å²) in [6, 6.07) is 4.10. The predicted molar refractivity (Wildman–Crippen MR) is 64.5 cm³/mol. The molecule has 0 radical (unpaired) electrons. The van der Waals surface area contributed by atoms with Crippen molar-refractivity contribution in [1.29, 1.82) is 0 Å². The molecule has 1 aromatic heterocycles. The maximum Gasteiger partial charge on any atom is 0.128 e. The van der Waals surface area contributed by atoms with Crippen molar-refractivity contribution in [2.24, 2.45) is 5.73 Å². The number of nitrogens with two attached hydrogens (primary N) is 1. The molecule has 2 atom stereocenters. The summed E-state index contributed by atoms with van der Waals surface area (Å²) in [5.41, 5.74) is 7.00. The van der Waals surface area contributed by atoms with Crippen molar-refractivity contribution >= 4 is 5.82 Å². The Labute approximate surface area is 96.4 Å². The summed E-state index contributed by atoms with van der Waals surface area (Å²) in [7, 11) is 0. The largest absolute Gasteiger partial charge is 0.375 e. The molecule has 2 rings (SSSR count). The fraction of sp³-hybridized carbons (Fsp3) is 0.583. The number of hydrogen-bond donors (Lipinski definition) is 1. The Balaban J connectivity index is 2.16. The zero-order chi connectivity index (χ0) is 11.5. The van der Waals surface area contributed by atoms with Gasteiger partial charge in [0.25, 0.3) is 0 Å².